The lowest BCUT2D eigenvalue weighted by Gasteiger charge is -2.30. The molecule has 0 radical (unpaired) electrons. The smallest absolute Gasteiger partial charge is 0.345 e. The Morgan fingerprint density at radius 2 is 2.04 bits per heavy atom. The molecule has 0 bridgehead atoms. The average molecular weight is 384 g/mol. The van der Waals surface area contributed by atoms with Crippen LogP contribution < -0.4 is 10.5 Å². The first-order valence-corrected chi connectivity index (χ1v) is 8.15. The SMILES string of the molecule is C[C@@H](OC(F)F)[C@@H]1CCc2c(-c3ccc(F)cc3F)cc(C(N)=O)nc2O1. The summed E-state index contributed by atoms with van der Waals surface area (Å²) in [4.78, 5) is 15.6. The number of hydrogen-bond acceptors (Lipinski definition) is 4. The maximum Gasteiger partial charge on any atom is 0.345 e. The zero-order valence-electron chi connectivity index (χ0n) is 14.2. The number of primary amides is 1. The topological polar surface area (TPSA) is 74.4 Å². The normalized spacial score (nSPS) is 17.3. The zero-order valence-corrected chi connectivity index (χ0v) is 14.2. The Kier molecular flexibility index (Phi) is 5.31. The summed E-state index contributed by atoms with van der Waals surface area (Å²) in [7, 11) is 0. The lowest BCUT2D eigenvalue weighted by molar-refractivity contribution is -0.180. The fourth-order valence-corrected chi connectivity index (χ4v) is 3.03. The molecule has 2 aromatic rings. The van der Waals surface area contributed by atoms with Gasteiger partial charge in [0.05, 0.1) is 6.10 Å². The zero-order chi connectivity index (χ0) is 19.7. The van der Waals surface area contributed by atoms with Crippen molar-refractivity contribution in [1.29, 1.82) is 0 Å². The van der Waals surface area contributed by atoms with Gasteiger partial charge in [-0.1, -0.05) is 0 Å². The van der Waals surface area contributed by atoms with Gasteiger partial charge in [-0.3, -0.25) is 4.79 Å². The molecule has 2 heterocycles. The number of amides is 1. The summed E-state index contributed by atoms with van der Waals surface area (Å²) in [6.45, 7) is -1.53. The average Bonchev–Trinajstić information content (AvgIpc) is 2.59. The quantitative estimate of drug-likeness (QED) is 0.802. The van der Waals surface area contributed by atoms with Crippen LogP contribution in [0.1, 0.15) is 29.4 Å². The third-order valence-corrected chi connectivity index (χ3v) is 4.34. The highest BCUT2D eigenvalue weighted by atomic mass is 19.3. The molecule has 144 valence electrons. The molecule has 0 fully saturated rings. The number of carbonyl (C=O) groups is 1. The Hall–Kier alpha value is -2.68. The molecule has 9 heteroatoms. The molecule has 1 aromatic heterocycles. The Morgan fingerprint density at radius 1 is 1.30 bits per heavy atom. The number of benzene rings is 1. The van der Waals surface area contributed by atoms with E-state index in [0.29, 0.717) is 18.4 Å². The number of nitrogens with zero attached hydrogens (tertiary/aromatic N) is 1. The van der Waals surface area contributed by atoms with Crippen molar-refractivity contribution in [1.82, 2.24) is 4.98 Å². The first-order chi connectivity index (χ1) is 12.8. The van der Waals surface area contributed by atoms with Crippen LogP contribution in [0.3, 0.4) is 0 Å². The summed E-state index contributed by atoms with van der Waals surface area (Å²) < 4.78 is 62.5. The minimum absolute atomic E-state index is 0.00834. The van der Waals surface area contributed by atoms with Gasteiger partial charge in [0.2, 0.25) is 5.88 Å². The van der Waals surface area contributed by atoms with E-state index in [1.165, 1.54) is 19.1 Å². The largest absolute Gasteiger partial charge is 0.471 e. The van der Waals surface area contributed by atoms with Crippen LogP contribution in [0.25, 0.3) is 11.1 Å². The highest BCUT2D eigenvalue weighted by molar-refractivity contribution is 5.93. The molecule has 1 aliphatic rings. The van der Waals surface area contributed by atoms with E-state index < -0.39 is 36.4 Å². The number of fused-ring (bicyclic) bond motifs is 1. The third kappa shape index (κ3) is 4.02. The van der Waals surface area contributed by atoms with Crippen molar-refractivity contribution < 1.29 is 31.8 Å². The number of halogens is 4. The number of alkyl halides is 2. The van der Waals surface area contributed by atoms with Crippen molar-refractivity contribution in [3.05, 3.63) is 47.2 Å². The van der Waals surface area contributed by atoms with E-state index in [1.807, 2.05) is 0 Å². The fraction of sp³-hybridized carbons (Fsp3) is 0.333. The number of hydrogen-bond donors (Lipinski definition) is 1. The Balaban J connectivity index is 2.05. The molecule has 0 saturated heterocycles. The molecule has 0 saturated carbocycles. The Bertz CT molecular complexity index is 876. The van der Waals surface area contributed by atoms with Crippen molar-refractivity contribution in [2.24, 2.45) is 5.73 Å². The molecule has 2 N–H and O–H groups in total. The van der Waals surface area contributed by atoms with Gasteiger partial charge in [0.15, 0.2) is 0 Å². The van der Waals surface area contributed by atoms with Gasteiger partial charge in [-0.25, -0.2) is 13.8 Å². The Labute approximate surface area is 152 Å². The molecule has 1 aromatic carbocycles. The molecular weight excluding hydrogens is 368 g/mol. The molecule has 0 aliphatic carbocycles. The lowest BCUT2D eigenvalue weighted by Crippen LogP contribution is -2.36. The van der Waals surface area contributed by atoms with E-state index in [1.54, 1.807) is 0 Å². The number of nitrogens with two attached hydrogens (primary N) is 1. The summed E-state index contributed by atoms with van der Waals surface area (Å²) in [5.41, 5.74) is 5.91. The number of rotatable bonds is 5. The second kappa shape index (κ2) is 7.51. The molecule has 5 nitrogen and oxygen atoms in total. The summed E-state index contributed by atoms with van der Waals surface area (Å²) in [5.74, 6) is -2.45. The van der Waals surface area contributed by atoms with Crippen molar-refractivity contribution in [2.45, 2.75) is 38.6 Å². The van der Waals surface area contributed by atoms with E-state index in [-0.39, 0.29) is 22.7 Å². The third-order valence-electron chi connectivity index (χ3n) is 4.34. The van der Waals surface area contributed by atoms with Crippen molar-refractivity contribution >= 4 is 5.91 Å². The van der Waals surface area contributed by atoms with E-state index in [4.69, 9.17) is 10.5 Å². The van der Waals surface area contributed by atoms with E-state index in [9.17, 15) is 22.4 Å². The summed E-state index contributed by atoms with van der Waals surface area (Å²) >= 11 is 0. The van der Waals surface area contributed by atoms with Gasteiger partial charge in [-0.15, -0.1) is 0 Å². The molecule has 0 unspecified atom stereocenters. The van der Waals surface area contributed by atoms with Crippen LogP contribution in [0.2, 0.25) is 0 Å². The predicted molar refractivity (Wildman–Crippen MR) is 87.4 cm³/mol. The van der Waals surface area contributed by atoms with Crippen LogP contribution in [-0.2, 0) is 11.2 Å². The first-order valence-electron chi connectivity index (χ1n) is 8.15. The van der Waals surface area contributed by atoms with Crippen LogP contribution >= 0.6 is 0 Å². The highest BCUT2D eigenvalue weighted by Crippen LogP contribution is 2.37. The summed E-state index contributed by atoms with van der Waals surface area (Å²) in [6, 6.07) is 4.34. The minimum Gasteiger partial charge on any atom is -0.471 e. The van der Waals surface area contributed by atoms with Crippen LogP contribution in [0.15, 0.2) is 24.3 Å². The van der Waals surface area contributed by atoms with Gasteiger partial charge < -0.3 is 15.2 Å². The number of ether oxygens (including phenoxy) is 2. The molecule has 27 heavy (non-hydrogen) atoms. The van der Waals surface area contributed by atoms with Crippen molar-refractivity contribution in [3.8, 4) is 17.0 Å². The number of pyridine rings is 1. The lowest BCUT2D eigenvalue weighted by atomic mass is 9.93. The first kappa shape index (κ1) is 19.1. The number of aromatic nitrogens is 1. The molecule has 2 atom stereocenters. The van der Waals surface area contributed by atoms with Gasteiger partial charge >= 0.3 is 6.61 Å². The fourth-order valence-electron chi connectivity index (χ4n) is 3.03. The van der Waals surface area contributed by atoms with Crippen LogP contribution in [0.5, 0.6) is 5.88 Å². The van der Waals surface area contributed by atoms with Gasteiger partial charge in [0.1, 0.15) is 23.4 Å². The van der Waals surface area contributed by atoms with Crippen LogP contribution in [-0.4, -0.2) is 29.7 Å². The molecule has 3 rings (SSSR count). The molecule has 1 amide bonds. The van der Waals surface area contributed by atoms with Gasteiger partial charge in [0.25, 0.3) is 5.91 Å². The Morgan fingerprint density at radius 3 is 2.67 bits per heavy atom. The maximum absolute atomic E-state index is 14.3. The molecule has 0 spiro atoms. The van der Waals surface area contributed by atoms with Crippen LogP contribution in [0.4, 0.5) is 17.6 Å². The number of carbonyl (C=O) groups excluding carboxylic acids is 1. The standard InChI is InChI=1S/C18H16F4N2O3/c1-8(26-18(21)22)15-5-4-11-12(10-3-2-9(19)6-13(10)20)7-14(16(23)25)24-17(11)27-15/h2-3,6-8,15,18H,4-5H2,1H3,(H2,23,25)/t8-,15+/m1/s1. The maximum atomic E-state index is 14.3. The molecule has 1 aliphatic heterocycles. The highest BCUT2D eigenvalue weighted by Gasteiger charge is 2.31. The van der Waals surface area contributed by atoms with Gasteiger partial charge in [0, 0.05) is 17.2 Å². The van der Waals surface area contributed by atoms with E-state index in [0.717, 1.165) is 12.1 Å². The van der Waals surface area contributed by atoms with Gasteiger partial charge in [-0.2, -0.15) is 8.78 Å². The second-order valence-corrected chi connectivity index (χ2v) is 6.12. The second-order valence-electron chi connectivity index (χ2n) is 6.12. The van der Waals surface area contributed by atoms with Gasteiger partial charge in [-0.05, 0) is 43.5 Å². The van der Waals surface area contributed by atoms with Crippen LogP contribution in [0, 0.1) is 11.6 Å². The van der Waals surface area contributed by atoms with E-state index >= 15 is 0 Å². The molecular formula is C18H16F4N2O3. The van der Waals surface area contributed by atoms with E-state index in [2.05, 4.69) is 9.72 Å². The monoisotopic (exact) mass is 384 g/mol. The predicted octanol–water partition coefficient (Wildman–Crippen LogP) is 3.45. The summed E-state index contributed by atoms with van der Waals surface area (Å²) in [6.07, 6.45) is -1.03. The summed E-state index contributed by atoms with van der Waals surface area (Å²) in [5, 5.41) is 0. The van der Waals surface area contributed by atoms with Crippen molar-refractivity contribution in [3.63, 3.8) is 0 Å². The minimum atomic E-state index is -2.96. The van der Waals surface area contributed by atoms with Crippen molar-refractivity contribution in [2.75, 3.05) is 0 Å².